The zero-order valence-electron chi connectivity index (χ0n) is 7.68. The highest BCUT2D eigenvalue weighted by molar-refractivity contribution is 9.10. The molecule has 2 rings (SSSR count). The maximum atomic E-state index is 9.96. The smallest absolute Gasteiger partial charge is 0.137 e. The van der Waals surface area contributed by atoms with Crippen LogP contribution in [0.4, 0.5) is 0 Å². The van der Waals surface area contributed by atoms with Crippen LogP contribution in [-0.2, 0) is 5.60 Å². The molecule has 0 heterocycles. The molecule has 1 aromatic rings. The highest BCUT2D eigenvalue weighted by Crippen LogP contribution is 2.49. The van der Waals surface area contributed by atoms with Crippen LogP contribution in [-0.4, -0.2) is 12.2 Å². The van der Waals surface area contributed by atoms with E-state index in [9.17, 15) is 5.11 Å². The molecule has 1 fully saturated rings. The highest BCUT2D eigenvalue weighted by Gasteiger charge is 2.43. The van der Waals surface area contributed by atoms with Crippen molar-refractivity contribution < 1.29 is 9.84 Å². The number of hydrogen-bond donors (Lipinski definition) is 1. The molecule has 1 N–H and O–H groups in total. The Kier molecular flexibility index (Phi) is 2.50. The molecule has 1 saturated carbocycles. The molecule has 0 aromatic heterocycles. The molecular formula is C10H10BrClO2. The molecule has 0 amide bonds. The number of aliphatic hydroxyl groups is 1. The lowest BCUT2D eigenvalue weighted by Crippen LogP contribution is -2.05. The van der Waals surface area contributed by atoms with Crippen molar-refractivity contribution in [3.8, 4) is 5.75 Å². The van der Waals surface area contributed by atoms with Crippen molar-refractivity contribution in [2.75, 3.05) is 7.11 Å². The molecule has 0 spiro atoms. The molecule has 1 aromatic carbocycles. The second-order valence-corrected chi connectivity index (χ2v) is 4.76. The zero-order valence-corrected chi connectivity index (χ0v) is 10.0. The minimum Gasteiger partial charge on any atom is -0.495 e. The van der Waals surface area contributed by atoms with Crippen molar-refractivity contribution in [2.45, 2.75) is 18.4 Å². The third-order valence-electron chi connectivity index (χ3n) is 2.47. The Labute approximate surface area is 96.0 Å². The van der Waals surface area contributed by atoms with Crippen molar-refractivity contribution >= 4 is 27.5 Å². The van der Waals surface area contributed by atoms with Crippen LogP contribution in [0.5, 0.6) is 5.75 Å². The number of benzene rings is 1. The van der Waals surface area contributed by atoms with Crippen LogP contribution < -0.4 is 4.74 Å². The normalized spacial score (nSPS) is 18.0. The van der Waals surface area contributed by atoms with Crippen LogP contribution in [0.2, 0.25) is 5.02 Å². The van der Waals surface area contributed by atoms with Gasteiger partial charge in [-0.25, -0.2) is 0 Å². The van der Waals surface area contributed by atoms with Gasteiger partial charge in [-0.3, -0.25) is 0 Å². The number of hydrogen-bond acceptors (Lipinski definition) is 2. The van der Waals surface area contributed by atoms with Crippen LogP contribution in [0.25, 0.3) is 0 Å². The third kappa shape index (κ3) is 1.64. The van der Waals surface area contributed by atoms with Gasteiger partial charge in [0, 0.05) is 10.0 Å². The van der Waals surface area contributed by atoms with E-state index in [2.05, 4.69) is 15.9 Å². The first kappa shape index (κ1) is 10.3. The number of ether oxygens (including phenoxy) is 1. The molecule has 1 aliphatic carbocycles. The summed E-state index contributed by atoms with van der Waals surface area (Å²) >= 11 is 9.32. The largest absolute Gasteiger partial charge is 0.495 e. The van der Waals surface area contributed by atoms with E-state index >= 15 is 0 Å². The quantitative estimate of drug-likeness (QED) is 0.900. The summed E-state index contributed by atoms with van der Waals surface area (Å²) in [4.78, 5) is 0. The lowest BCUT2D eigenvalue weighted by atomic mass is 10.1. The van der Waals surface area contributed by atoms with Crippen LogP contribution in [0.15, 0.2) is 16.6 Å². The maximum absolute atomic E-state index is 9.96. The van der Waals surface area contributed by atoms with Gasteiger partial charge in [0.2, 0.25) is 0 Å². The zero-order chi connectivity index (χ0) is 10.3. The Hall–Kier alpha value is -0.250. The van der Waals surface area contributed by atoms with Gasteiger partial charge >= 0.3 is 0 Å². The van der Waals surface area contributed by atoms with Gasteiger partial charge in [-0.1, -0.05) is 27.5 Å². The van der Waals surface area contributed by atoms with E-state index in [1.54, 1.807) is 19.2 Å². The number of methoxy groups -OCH3 is 1. The minimum absolute atomic E-state index is 0.548. The van der Waals surface area contributed by atoms with Crippen LogP contribution in [0.3, 0.4) is 0 Å². The highest BCUT2D eigenvalue weighted by atomic mass is 79.9. The van der Waals surface area contributed by atoms with E-state index < -0.39 is 5.60 Å². The summed E-state index contributed by atoms with van der Waals surface area (Å²) < 4.78 is 5.94. The molecule has 0 atom stereocenters. The first-order chi connectivity index (χ1) is 6.57. The topological polar surface area (TPSA) is 29.5 Å². The first-order valence-corrected chi connectivity index (χ1v) is 5.50. The monoisotopic (exact) mass is 276 g/mol. The van der Waals surface area contributed by atoms with E-state index in [4.69, 9.17) is 16.3 Å². The molecule has 0 radical (unpaired) electrons. The fraction of sp³-hybridized carbons (Fsp3) is 0.400. The van der Waals surface area contributed by atoms with E-state index in [1.807, 2.05) is 0 Å². The fourth-order valence-corrected chi connectivity index (χ4v) is 2.51. The Morgan fingerprint density at radius 3 is 2.64 bits per heavy atom. The van der Waals surface area contributed by atoms with Gasteiger partial charge in [-0.2, -0.15) is 0 Å². The molecule has 0 aliphatic heterocycles. The van der Waals surface area contributed by atoms with E-state index in [1.165, 1.54) is 0 Å². The average Bonchev–Trinajstić information content (AvgIpc) is 2.85. The van der Waals surface area contributed by atoms with E-state index in [0.717, 1.165) is 22.9 Å². The molecule has 2 nitrogen and oxygen atoms in total. The van der Waals surface area contributed by atoms with Gasteiger partial charge in [-0.15, -0.1) is 0 Å². The Morgan fingerprint density at radius 2 is 2.14 bits per heavy atom. The summed E-state index contributed by atoms with van der Waals surface area (Å²) in [5.41, 5.74) is 0.190. The second kappa shape index (κ2) is 3.40. The van der Waals surface area contributed by atoms with Crippen molar-refractivity contribution in [1.82, 2.24) is 0 Å². The summed E-state index contributed by atoms with van der Waals surface area (Å²) in [5.74, 6) is 0.602. The summed E-state index contributed by atoms with van der Waals surface area (Å²) in [6.07, 6.45) is 1.60. The van der Waals surface area contributed by atoms with Gasteiger partial charge in [-0.05, 0) is 25.0 Å². The lowest BCUT2D eigenvalue weighted by Gasteiger charge is -2.13. The van der Waals surface area contributed by atoms with Crippen molar-refractivity contribution in [2.24, 2.45) is 0 Å². The van der Waals surface area contributed by atoms with Gasteiger partial charge < -0.3 is 9.84 Å². The third-order valence-corrected chi connectivity index (χ3v) is 3.42. The average molecular weight is 278 g/mol. The predicted molar refractivity (Wildman–Crippen MR) is 58.8 cm³/mol. The van der Waals surface area contributed by atoms with Gasteiger partial charge in [0.25, 0.3) is 0 Å². The molecular weight excluding hydrogens is 267 g/mol. The summed E-state index contributed by atoms with van der Waals surface area (Å²) in [7, 11) is 1.57. The maximum Gasteiger partial charge on any atom is 0.137 e. The Bertz CT molecular complexity index is 375. The summed E-state index contributed by atoms with van der Waals surface area (Å²) in [6.45, 7) is 0. The standard InChI is InChI=1S/C10H10BrClO2/c1-14-9-4-6(10(13)2-3-10)7(11)5-8(9)12/h4-5,13H,2-3H2,1H3. The van der Waals surface area contributed by atoms with E-state index in [0.29, 0.717) is 10.8 Å². The first-order valence-electron chi connectivity index (χ1n) is 4.33. The van der Waals surface area contributed by atoms with Crippen molar-refractivity contribution in [1.29, 1.82) is 0 Å². The van der Waals surface area contributed by atoms with Crippen LogP contribution >= 0.6 is 27.5 Å². The van der Waals surface area contributed by atoms with Crippen molar-refractivity contribution in [3.05, 3.63) is 27.2 Å². The Balaban J connectivity index is 2.50. The summed E-state index contributed by atoms with van der Waals surface area (Å²) in [5, 5.41) is 10.5. The number of rotatable bonds is 2. The van der Waals surface area contributed by atoms with Crippen molar-refractivity contribution in [3.63, 3.8) is 0 Å². The molecule has 14 heavy (non-hydrogen) atoms. The molecule has 76 valence electrons. The minimum atomic E-state index is -0.670. The number of halogens is 2. The molecule has 1 aliphatic rings. The lowest BCUT2D eigenvalue weighted by molar-refractivity contribution is 0.150. The van der Waals surface area contributed by atoms with E-state index in [-0.39, 0.29) is 0 Å². The SMILES string of the molecule is COc1cc(C2(O)CC2)c(Br)cc1Cl. The molecule has 0 unspecified atom stereocenters. The summed E-state index contributed by atoms with van der Waals surface area (Å²) in [6, 6.07) is 3.55. The second-order valence-electron chi connectivity index (χ2n) is 3.50. The molecule has 0 saturated heterocycles. The van der Waals surface area contributed by atoms with Crippen LogP contribution in [0.1, 0.15) is 18.4 Å². The molecule has 4 heteroatoms. The predicted octanol–water partition coefficient (Wildman–Crippen LogP) is 3.09. The fourth-order valence-electron chi connectivity index (χ4n) is 1.43. The van der Waals surface area contributed by atoms with Gasteiger partial charge in [0.1, 0.15) is 5.75 Å². The molecule has 0 bridgehead atoms. The van der Waals surface area contributed by atoms with Gasteiger partial charge in [0.15, 0.2) is 0 Å². The van der Waals surface area contributed by atoms with Crippen LogP contribution in [0, 0.1) is 0 Å². The Morgan fingerprint density at radius 1 is 1.50 bits per heavy atom. The van der Waals surface area contributed by atoms with Gasteiger partial charge in [0.05, 0.1) is 17.7 Å².